The molecule has 0 aliphatic heterocycles. The summed E-state index contributed by atoms with van der Waals surface area (Å²) < 4.78 is 5.39. The van der Waals surface area contributed by atoms with Gasteiger partial charge >= 0.3 is 0 Å². The van der Waals surface area contributed by atoms with Crippen molar-refractivity contribution in [1.29, 1.82) is 5.26 Å². The van der Waals surface area contributed by atoms with Crippen molar-refractivity contribution < 1.29 is 4.74 Å². The van der Waals surface area contributed by atoms with Crippen LogP contribution in [0.3, 0.4) is 0 Å². The number of halogens is 2. The molecule has 0 aliphatic rings. The number of rotatable bonds is 4. The van der Waals surface area contributed by atoms with Gasteiger partial charge in [0, 0.05) is 5.02 Å². The van der Waals surface area contributed by atoms with Crippen molar-refractivity contribution in [2.75, 3.05) is 6.61 Å². The van der Waals surface area contributed by atoms with Crippen molar-refractivity contribution in [2.45, 2.75) is 6.92 Å². The van der Waals surface area contributed by atoms with Gasteiger partial charge in [-0.05, 0) is 48.4 Å². The Balaban J connectivity index is 2.34. The summed E-state index contributed by atoms with van der Waals surface area (Å²) in [7, 11) is 0. The fourth-order valence-electron chi connectivity index (χ4n) is 1.86. The molecule has 106 valence electrons. The number of benzene rings is 2. The second-order valence-corrected chi connectivity index (χ2v) is 5.14. The first-order valence-corrected chi connectivity index (χ1v) is 7.19. The predicted octanol–water partition coefficient (Wildman–Crippen LogP) is 5.46. The number of nitriles is 1. The molecule has 0 aliphatic carbocycles. The van der Waals surface area contributed by atoms with Crippen molar-refractivity contribution in [3.05, 3.63) is 63.6 Å². The summed E-state index contributed by atoms with van der Waals surface area (Å²) in [4.78, 5) is 0. The molecule has 2 aromatic carbocycles. The van der Waals surface area contributed by atoms with Crippen LogP contribution >= 0.6 is 23.2 Å². The Kier molecular flexibility index (Phi) is 5.27. The van der Waals surface area contributed by atoms with Crippen LogP contribution in [0.1, 0.15) is 18.1 Å². The summed E-state index contributed by atoms with van der Waals surface area (Å²) in [6.45, 7) is 2.46. The van der Waals surface area contributed by atoms with Crippen molar-refractivity contribution in [2.24, 2.45) is 0 Å². The third kappa shape index (κ3) is 4.01. The van der Waals surface area contributed by atoms with E-state index < -0.39 is 0 Å². The molecular formula is C17H13Cl2NO. The number of nitrogens with zero attached hydrogens (tertiary/aromatic N) is 1. The molecule has 0 amide bonds. The lowest BCUT2D eigenvalue weighted by atomic mass is 10.0. The molecule has 0 saturated carbocycles. The van der Waals surface area contributed by atoms with Gasteiger partial charge < -0.3 is 4.74 Å². The maximum Gasteiger partial charge on any atom is 0.137 e. The molecule has 0 spiro atoms. The predicted molar refractivity (Wildman–Crippen MR) is 87.6 cm³/mol. The van der Waals surface area contributed by atoms with Crippen LogP contribution in [-0.4, -0.2) is 6.61 Å². The van der Waals surface area contributed by atoms with Gasteiger partial charge in [-0.1, -0.05) is 41.4 Å². The second kappa shape index (κ2) is 7.17. The van der Waals surface area contributed by atoms with E-state index in [1.807, 2.05) is 25.1 Å². The summed E-state index contributed by atoms with van der Waals surface area (Å²) in [6, 6.07) is 14.8. The molecule has 2 aromatic rings. The van der Waals surface area contributed by atoms with Crippen LogP contribution in [0.2, 0.25) is 10.0 Å². The van der Waals surface area contributed by atoms with Gasteiger partial charge in [0.2, 0.25) is 0 Å². The topological polar surface area (TPSA) is 33.0 Å². The highest BCUT2D eigenvalue weighted by atomic mass is 35.5. The lowest BCUT2D eigenvalue weighted by molar-refractivity contribution is 0.340. The Hall–Kier alpha value is -1.95. The Bertz CT molecular complexity index is 700. The van der Waals surface area contributed by atoms with Crippen molar-refractivity contribution in [3.8, 4) is 11.8 Å². The normalized spacial score (nSPS) is 11.0. The molecular weight excluding hydrogens is 305 g/mol. The molecule has 2 nitrogen and oxygen atoms in total. The zero-order valence-corrected chi connectivity index (χ0v) is 12.9. The Morgan fingerprint density at radius 1 is 1.19 bits per heavy atom. The van der Waals surface area contributed by atoms with Gasteiger partial charge in [0.25, 0.3) is 0 Å². The maximum atomic E-state index is 9.31. The molecule has 0 N–H and O–H groups in total. The van der Waals surface area contributed by atoms with E-state index in [0.29, 0.717) is 28.0 Å². The number of allylic oxidation sites excluding steroid dienone is 1. The number of hydrogen-bond acceptors (Lipinski definition) is 2. The summed E-state index contributed by atoms with van der Waals surface area (Å²) in [6.07, 6.45) is 1.78. The second-order valence-electron chi connectivity index (χ2n) is 4.30. The van der Waals surface area contributed by atoms with Crippen LogP contribution in [-0.2, 0) is 0 Å². The lowest BCUT2D eigenvalue weighted by Gasteiger charge is -2.06. The molecule has 0 atom stereocenters. The van der Waals surface area contributed by atoms with E-state index >= 15 is 0 Å². The Morgan fingerprint density at radius 3 is 2.48 bits per heavy atom. The van der Waals surface area contributed by atoms with Crippen molar-refractivity contribution >= 4 is 34.9 Å². The first-order chi connectivity index (χ1) is 10.1. The third-order valence-corrected chi connectivity index (χ3v) is 3.39. The zero-order chi connectivity index (χ0) is 15.2. The molecule has 0 fully saturated rings. The SMILES string of the molecule is CCOc1ccc(/C=C(/C#N)c2ccc(Cl)cc2)cc1Cl. The van der Waals surface area contributed by atoms with Crippen LogP contribution in [0.5, 0.6) is 5.75 Å². The standard InChI is InChI=1S/C17H13Cl2NO/c1-2-21-17-8-3-12(10-16(17)19)9-14(11-20)13-4-6-15(18)7-5-13/h3-10H,2H2,1H3/b14-9-. The van der Waals surface area contributed by atoms with E-state index in [9.17, 15) is 5.26 Å². The van der Waals surface area contributed by atoms with E-state index in [1.54, 1.807) is 30.3 Å². The minimum atomic E-state index is 0.527. The largest absolute Gasteiger partial charge is 0.492 e. The average molecular weight is 318 g/mol. The van der Waals surface area contributed by atoms with E-state index in [0.717, 1.165) is 11.1 Å². The summed E-state index contributed by atoms with van der Waals surface area (Å²) in [5, 5.41) is 10.5. The molecule has 21 heavy (non-hydrogen) atoms. The zero-order valence-electron chi connectivity index (χ0n) is 11.4. The highest BCUT2D eigenvalue weighted by molar-refractivity contribution is 6.32. The van der Waals surface area contributed by atoms with E-state index in [2.05, 4.69) is 6.07 Å². The Labute approximate surface area is 134 Å². The monoisotopic (exact) mass is 317 g/mol. The first kappa shape index (κ1) is 15.4. The molecule has 0 bridgehead atoms. The lowest BCUT2D eigenvalue weighted by Crippen LogP contribution is -1.92. The summed E-state index contributed by atoms with van der Waals surface area (Å²) >= 11 is 12.0. The van der Waals surface area contributed by atoms with Gasteiger partial charge in [-0.15, -0.1) is 0 Å². The van der Waals surface area contributed by atoms with Gasteiger partial charge in [-0.25, -0.2) is 0 Å². The van der Waals surface area contributed by atoms with Crippen LogP contribution in [0.15, 0.2) is 42.5 Å². The molecule has 0 saturated heterocycles. The fraction of sp³-hybridized carbons (Fsp3) is 0.118. The fourth-order valence-corrected chi connectivity index (χ4v) is 2.23. The molecule has 0 aromatic heterocycles. The van der Waals surface area contributed by atoms with Gasteiger partial charge in [-0.2, -0.15) is 5.26 Å². The highest BCUT2D eigenvalue weighted by Crippen LogP contribution is 2.27. The van der Waals surface area contributed by atoms with Gasteiger partial charge in [0.1, 0.15) is 5.75 Å². The molecule has 0 radical (unpaired) electrons. The van der Waals surface area contributed by atoms with Crippen molar-refractivity contribution in [3.63, 3.8) is 0 Å². The summed E-state index contributed by atoms with van der Waals surface area (Å²) in [5.41, 5.74) is 2.20. The molecule has 0 unspecified atom stereocenters. The quantitative estimate of drug-likeness (QED) is 0.554. The van der Waals surface area contributed by atoms with Crippen LogP contribution in [0, 0.1) is 11.3 Å². The maximum absolute atomic E-state index is 9.31. The van der Waals surface area contributed by atoms with Crippen LogP contribution < -0.4 is 4.74 Å². The van der Waals surface area contributed by atoms with Gasteiger partial charge in [0.15, 0.2) is 0 Å². The summed E-state index contributed by atoms with van der Waals surface area (Å²) in [5.74, 6) is 0.640. The minimum absolute atomic E-state index is 0.527. The van der Waals surface area contributed by atoms with Crippen LogP contribution in [0.25, 0.3) is 11.6 Å². The van der Waals surface area contributed by atoms with Gasteiger partial charge in [-0.3, -0.25) is 0 Å². The highest BCUT2D eigenvalue weighted by Gasteiger charge is 2.04. The van der Waals surface area contributed by atoms with E-state index in [4.69, 9.17) is 27.9 Å². The average Bonchev–Trinajstić information content (AvgIpc) is 2.48. The molecule has 0 heterocycles. The number of hydrogen-bond donors (Lipinski definition) is 0. The third-order valence-electron chi connectivity index (χ3n) is 2.84. The molecule has 4 heteroatoms. The Morgan fingerprint density at radius 2 is 1.90 bits per heavy atom. The van der Waals surface area contributed by atoms with E-state index in [1.165, 1.54) is 0 Å². The van der Waals surface area contributed by atoms with E-state index in [-0.39, 0.29) is 0 Å². The van der Waals surface area contributed by atoms with Gasteiger partial charge in [0.05, 0.1) is 23.3 Å². The minimum Gasteiger partial charge on any atom is -0.492 e. The first-order valence-electron chi connectivity index (χ1n) is 6.44. The van der Waals surface area contributed by atoms with Crippen molar-refractivity contribution in [1.82, 2.24) is 0 Å². The smallest absolute Gasteiger partial charge is 0.137 e. The number of ether oxygens (including phenoxy) is 1. The molecule has 2 rings (SSSR count). The van der Waals surface area contributed by atoms with Crippen LogP contribution in [0.4, 0.5) is 0 Å².